The lowest BCUT2D eigenvalue weighted by Crippen LogP contribution is -2.48. The van der Waals surface area contributed by atoms with Crippen molar-refractivity contribution in [2.75, 3.05) is 39.3 Å². The molecule has 2 aromatic heterocycles. The second-order valence-electron chi connectivity index (χ2n) is 7.27. The van der Waals surface area contributed by atoms with Crippen LogP contribution >= 0.6 is 22.7 Å². The number of benzene rings is 1. The Kier molecular flexibility index (Phi) is 6.71. The van der Waals surface area contributed by atoms with Crippen LogP contribution in [0, 0.1) is 6.92 Å². The van der Waals surface area contributed by atoms with Gasteiger partial charge in [0, 0.05) is 45.8 Å². The molecule has 1 N–H and O–H groups in total. The van der Waals surface area contributed by atoms with Gasteiger partial charge in [0.2, 0.25) is 0 Å². The Labute approximate surface area is 180 Å². The lowest BCUT2D eigenvalue weighted by atomic mass is 10.2. The van der Waals surface area contributed by atoms with Gasteiger partial charge in [-0.05, 0) is 23.9 Å². The van der Waals surface area contributed by atoms with Gasteiger partial charge in [-0.3, -0.25) is 14.6 Å². The molecule has 0 radical (unpaired) electrons. The van der Waals surface area contributed by atoms with Crippen molar-refractivity contribution >= 4 is 28.6 Å². The van der Waals surface area contributed by atoms with E-state index in [-0.39, 0.29) is 5.91 Å². The van der Waals surface area contributed by atoms with Crippen molar-refractivity contribution in [3.8, 4) is 9.88 Å². The number of piperazine rings is 1. The summed E-state index contributed by atoms with van der Waals surface area (Å²) in [5.74, 6) is -0.00878. The van der Waals surface area contributed by atoms with Crippen LogP contribution in [-0.2, 0) is 6.54 Å². The molecule has 152 valence electrons. The molecular formula is C22H26N4OS2. The molecule has 0 bridgehead atoms. The van der Waals surface area contributed by atoms with Gasteiger partial charge in [-0.15, -0.1) is 22.7 Å². The Bertz CT molecular complexity index is 916. The number of hydrogen-bond donors (Lipinski definition) is 1. The molecule has 0 atom stereocenters. The zero-order chi connectivity index (χ0) is 20.1. The Morgan fingerprint density at radius 3 is 2.55 bits per heavy atom. The average molecular weight is 427 g/mol. The van der Waals surface area contributed by atoms with Gasteiger partial charge in [-0.25, -0.2) is 4.98 Å². The Morgan fingerprint density at radius 1 is 1.07 bits per heavy atom. The fraction of sp³-hybridized carbons (Fsp3) is 0.364. The van der Waals surface area contributed by atoms with Crippen LogP contribution in [0.25, 0.3) is 9.88 Å². The van der Waals surface area contributed by atoms with E-state index in [1.54, 1.807) is 11.3 Å². The number of aromatic nitrogens is 1. The van der Waals surface area contributed by atoms with Crippen LogP contribution in [0.3, 0.4) is 0 Å². The van der Waals surface area contributed by atoms with Crippen molar-refractivity contribution in [1.82, 2.24) is 20.1 Å². The third-order valence-electron chi connectivity index (χ3n) is 5.16. The molecule has 1 aromatic carbocycles. The van der Waals surface area contributed by atoms with Gasteiger partial charge >= 0.3 is 0 Å². The molecule has 5 nitrogen and oxygen atoms in total. The Balaban J connectivity index is 1.20. The highest BCUT2D eigenvalue weighted by atomic mass is 32.1. The van der Waals surface area contributed by atoms with Gasteiger partial charge < -0.3 is 5.32 Å². The van der Waals surface area contributed by atoms with Gasteiger partial charge in [0.05, 0.1) is 10.6 Å². The van der Waals surface area contributed by atoms with E-state index in [1.807, 2.05) is 24.4 Å². The zero-order valence-corrected chi connectivity index (χ0v) is 18.3. The van der Waals surface area contributed by atoms with Crippen molar-refractivity contribution < 1.29 is 4.79 Å². The van der Waals surface area contributed by atoms with E-state index in [2.05, 4.69) is 50.4 Å². The predicted molar refractivity (Wildman–Crippen MR) is 121 cm³/mol. The first-order chi connectivity index (χ1) is 14.2. The smallest absolute Gasteiger partial charge is 0.263 e. The summed E-state index contributed by atoms with van der Waals surface area (Å²) in [6, 6.07) is 14.7. The molecule has 7 heteroatoms. The highest BCUT2D eigenvalue weighted by molar-refractivity contribution is 7.22. The van der Waals surface area contributed by atoms with Crippen LogP contribution in [0.5, 0.6) is 0 Å². The lowest BCUT2D eigenvalue weighted by molar-refractivity contribution is 0.0937. The number of amides is 1. The van der Waals surface area contributed by atoms with Crippen molar-refractivity contribution in [1.29, 1.82) is 0 Å². The molecule has 1 amide bonds. The molecule has 0 unspecified atom stereocenters. The van der Waals surface area contributed by atoms with Gasteiger partial charge in [-0.1, -0.05) is 36.4 Å². The number of aryl methyl sites for hydroxylation is 1. The van der Waals surface area contributed by atoms with E-state index in [4.69, 9.17) is 0 Å². The summed E-state index contributed by atoms with van der Waals surface area (Å²) in [5, 5.41) is 6.04. The van der Waals surface area contributed by atoms with Crippen LogP contribution < -0.4 is 5.32 Å². The van der Waals surface area contributed by atoms with Crippen LogP contribution in [0.1, 0.15) is 20.9 Å². The zero-order valence-electron chi connectivity index (χ0n) is 16.6. The normalized spacial score (nSPS) is 15.5. The molecule has 1 fully saturated rings. The fourth-order valence-corrected chi connectivity index (χ4v) is 5.31. The van der Waals surface area contributed by atoms with Crippen LogP contribution in [-0.4, -0.2) is 60.0 Å². The maximum absolute atomic E-state index is 12.6. The summed E-state index contributed by atoms with van der Waals surface area (Å²) in [6.07, 6.45) is 0. The minimum Gasteiger partial charge on any atom is -0.350 e. The summed E-state index contributed by atoms with van der Waals surface area (Å²) in [7, 11) is 0. The molecular weight excluding hydrogens is 400 g/mol. The van der Waals surface area contributed by atoms with E-state index in [0.717, 1.165) is 59.7 Å². The molecule has 0 spiro atoms. The van der Waals surface area contributed by atoms with Crippen molar-refractivity contribution in [3.63, 3.8) is 0 Å². The van der Waals surface area contributed by atoms with E-state index in [1.165, 1.54) is 16.9 Å². The van der Waals surface area contributed by atoms with E-state index in [0.29, 0.717) is 6.54 Å². The maximum atomic E-state index is 12.6. The molecule has 29 heavy (non-hydrogen) atoms. The summed E-state index contributed by atoms with van der Waals surface area (Å²) < 4.78 is 0. The number of nitrogens with one attached hydrogen (secondary N) is 1. The molecule has 1 saturated heterocycles. The summed E-state index contributed by atoms with van der Waals surface area (Å²) >= 11 is 3.13. The van der Waals surface area contributed by atoms with Gasteiger partial charge in [-0.2, -0.15) is 0 Å². The highest BCUT2D eigenvalue weighted by Gasteiger charge is 2.19. The average Bonchev–Trinajstić information content (AvgIpc) is 3.40. The first-order valence-corrected chi connectivity index (χ1v) is 11.7. The first kappa shape index (κ1) is 20.2. The number of nitrogens with zero attached hydrogens (tertiary/aromatic N) is 3. The van der Waals surface area contributed by atoms with Gasteiger partial charge in [0.15, 0.2) is 0 Å². The van der Waals surface area contributed by atoms with Gasteiger partial charge in [0.25, 0.3) is 5.91 Å². The third kappa shape index (κ3) is 5.30. The molecule has 1 aliphatic rings. The van der Waals surface area contributed by atoms with E-state index in [9.17, 15) is 4.79 Å². The molecule has 0 saturated carbocycles. The van der Waals surface area contributed by atoms with Crippen LogP contribution in [0.4, 0.5) is 0 Å². The minimum absolute atomic E-state index is 0.00878. The molecule has 3 aromatic rings. The lowest BCUT2D eigenvalue weighted by Gasteiger charge is -2.34. The van der Waals surface area contributed by atoms with Gasteiger partial charge in [0.1, 0.15) is 9.88 Å². The first-order valence-electron chi connectivity index (χ1n) is 9.97. The maximum Gasteiger partial charge on any atom is 0.263 e. The largest absolute Gasteiger partial charge is 0.350 e. The topological polar surface area (TPSA) is 48.5 Å². The van der Waals surface area contributed by atoms with Crippen molar-refractivity contribution in [2.45, 2.75) is 13.5 Å². The standard InChI is InChI=1S/C22H26N4OS2/c1-17-20(29-22(24-17)19-8-5-15-28-19)21(27)23-9-10-25-11-13-26(14-12-25)16-18-6-3-2-4-7-18/h2-8,15H,9-14,16H2,1H3,(H,23,27). The third-order valence-corrected chi connectivity index (χ3v) is 7.36. The number of carbonyl (C=O) groups is 1. The summed E-state index contributed by atoms with van der Waals surface area (Å²) in [6.45, 7) is 8.72. The Morgan fingerprint density at radius 2 is 1.83 bits per heavy atom. The monoisotopic (exact) mass is 426 g/mol. The fourth-order valence-electron chi connectivity index (χ4n) is 3.53. The second kappa shape index (κ2) is 9.63. The molecule has 0 aliphatic carbocycles. The predicted octanol–water partition coefficient (Wildman–Crippen LogP) is 3.73. The highest BCUT2D eigenvalue weighted by Crippen LogP contribution is 2.30. The summed E-state index contributed by atoms with van der Waals surface area (Å²) in [4.78, 5) is 23.9. The van der Waals surface area contributed by atoms with Crippen LogP contribution in [0.15, 0.2) is 47.8 Å². The number of rotatable bonds is 7. The number of thiazole rings is 1. The van der Waals surface area contributed by atoms with E-state index >= 15 is 0 Å². The summed E-state index contributed by atoms with van der Waals surface area (Å²) in [5.41, 5.74) is 2.18. The molecule has 4 rings (SSSR count). The number of carbonyl (C=O) groups excluding carboxylic acids is 1. The van der Waals surface area contributed by atoms with Crippen molar-refractivity contribution in [3.05, 3.63) is 64.0 Å². The minimum atomic E-state index is -0.00878. The molecule has 3 heterocycles. The van der Waals surface area contributed by atoms with Crippen molar-refractivity contribution in [2.24, 2.45) is 0 Å². The van der Waals surface area contributed by atoms with Crippen LogP contribution in [0.2, 0.25) is 0 Å². The Hall–Kier alpha value is -2.06. The second-order valence-corrected chi connectivity index (χ2v) is 9.22. The van der Waals surface area contributed by atoms with E-state index < -0.39 is 0 Å². The number of hydrogen-bond acceptors (Lipinski definition) is 6. The SMILES string of the molecule is Cc1nc(-c2cccs2)sc1C(=O)NCCN1CCN(Cc2ccccc2)CC1. The molecule has 1 aliphatic heterocycles. The quantitative estimate of drug-likeness (QED) is 0.625. The number of thiophene rings is 1.